The smallest absolute Gasteiger partial charge is 0.00143 e. The Morgan fingerprint density at radius 3 is 2.28 bits per heavy atom. The van der Waals surface area contributed by atoms with Crippen molar-refractivity contribution in [1.29, 1.82) is 0 Å². The summed E-state index contributed by atoms with van der Waals surface area (Å²) in [7, 11) is 0. The number of rotatable bonds is 1. The van der Waals surface area contributed by atoms with Gasteiger partial charge < -0.3 is 0 Å². The first-order chi connectivity index (χ1) is 8.72. The van der Waals surface area contributed by atoms with Gasteiger partial charge in [-0.15, -0.1) is 0 Å². The maximum atomic E-state index is 3.50. The van der Waals surface area contributed by atoms with Gasteiger partial charge in [-0.3, -0.25) is 0 Å². The Labute approximate surface area is 108 Å². The summed E-state index contributed by atoms with van der Waals surface area (Å²) in [5.41, 5.74) is 5.01. The van der Waals surface area contributed by atoms with Gasteiger partial charge in [0.25, 0.3) is 0 Å². The highest BCUT2D eigenvalue weighted by Gasteiger charge is 2.01. The minimum absolute atomic E-state index is 1.17. The number of fused-ring (bicyclic) bond motifs is 1. The topological polar surface area (TPSA) is 0 Å². The van der Waals surface area contributed by atoms with Crippen LogP contribution in [0.1, 0.15) is 11.1 Å². The van der Waals surface area contributed by atoms with E-state index in [-0.39, 0.29) is 0 Å². The van der Waals surface area contributed by atoms with Crippen LogP contribution in [-0.4, -0.2) is 0 Å². The Morgan fingerprint density at radius 1 is 0.778 bits per heavy atom. The van der Waals surface area contributed by atoms with Crippen LogP contribution in [0, 0.1) is 19.9 Å². The zero-order valence-corrected chi connectivity index (χ0v) is 10.7. The summed E-state index contributed by atoms with van der Waals surface area (Å²) in [4.78, 5) is 0. The minimum Gasteiger partial charge on any atom is -0.0616 e. The van der Waals surface area contributed by atoms with Gasteiger partial charge in [0.2, 0.25) is 0 Å². The number of hydrogen-bond acceptors (Lipinski definition) is 0. The molecule has 0 N–H and O–H groups in total. The molecule has 0 unspecified atom stereocenters. The summed E-state index contributed by atoms with van der Waals surface area (Å²) in [6.45, 7) is 4.27. The second-order valence-electron chi connectivity index (χ2n) is 4.84. The second-order valence-corrected chi connectivity index (χ2v) is 4.84. The molecule has 87 valence electrons. The second kappa shape index (κ2) is 4.30. The molecule has 0 spiro atoms. The van der Waals surface area contributed by atoms with E-state index in [1.165, 1.54) is 33.0 Å². The van der Waals surface area contributed by atoms with Gasteiger partial charge in [-0.25, -0.2) is 0 Å². The average molecular weight is 231 g/mol. The standard InChI is InChI=1S/C18H15/c1-13-9-14(2)11-18(10-13)17-8-7-15-5-3-4-6-16(15)12-17/h3-11H,1-2H3. The predicted molar refractivity (Wildman–Crippen MR) is 77.7 cm³/mol. The van der Waals surface area contributed by atoms with Crippen molar-refractivity contribution in [3.63, 3.8) is 0 Å². The van der Waals surface area contributed by atoms with Crippen molar-refractivity contribution in [1.82, 2.24) is 0 Å². The van der Waals surface area contributed by atoms with Crippen molar-refractivity contribution in [2.45, 2.75) is 13.8 Å². The molecular weight excluding hydrogens is 216 g/mol. The lowest BCUT2D eigenvalue weighted by molar-refractivity contribution is 1.38. The Kier molecular flexibility index (Phi) is 2.64. The zero-order chi connectivity index (χ0) is 12.5. The van der Waals surface area contributed by atoms with E-state index in [1.54, 1.807) is 0 Å². The van der Waals surface area contributed by atoms with Gasteiger partial charge >= 0.3 is 0 Å². The first-order valence-corrected chi connectivity index (χ1v) is 6.22. The lowest BCUT2D eigenvalue weighted by Gasteiger charge is -2.06. The van der Waals surface area contributed by atoms with Crippen LogP contribution in [0.2, 0.25) is 0 Å². The van der Waals surface area contributed by atoms with Crippen LogP contribution in [0.3, 0.4) is 0 Å². The van der Waals surface area contributed by atoms with E-state index in [1.807, 2.05) is 0 Å². The van der Waals surface area contributed by atoms with Crippen LogP contribution in [0.5, 0.6) is 0 Å². The Morgan fingerprint density at radius 2 is 1.50 bits per heavy atom. The summed E-state index contributed by atoms with van der Waals surface area (Å²) in [5, 5.41) is 2.42. The highest BCUT2D eigenvalue weighted by Crippen LogP contribution is 2.25. The van der Waals surface area contributed by atoms with Crippen molar-refractivity contribution in [2.75, 3.05) is 0 Å². The van der Waals surface area contributed by atoms with Crippen molar-refractivity contribution < 1.29 is 0 Å². The van der Waals surface area contributed by atoms with E-state index < -0.39 is 0 Å². The van der Waals surface area contributed by atoms with E-state index in [0.29, 0.717) is 0 Å². The number of benzene rings is 3. The van der Waals surface area contributed by atoms with Crippen LogP contribution in [0.25, 0.3) is 21.9 Å². The zero-order valence-electron chi connectivity index (χ0n) is 10.7. The van der Waals surface area contributed by atoms with Gasteiger partial charge in [0.1, 0.15) is 0 Å². The summed E-state index contributed by atoms with van der Waals surface area (Å²) >= 11 is 0. The molecule has 0 heterocycles. The van der Waals surface area contributed by atoms with Crippen molar-refractivity contribution in [2.24, 2.45) is 0 Å². The van der Waals surface area contributed by atoms with E-state index in [0.717, 1.165) is 0 Å². The summed E-state index contributed by atoms with van der Waals surface area (Å²) in [6.07, 6.45) is 0. The normalized spacial score (nSPS) is 10.8. The lowest BCUT2D eigenvalue weighted by Crippen LogP contribution is -1.83. The Bertz CT molecular complexity index is 688. The fourth-order valence-electron chi connectivity index (χ4n) is 2.41. The van der Waals surface area contributed by atoms with Gasteiger partial charge in [-0.2, -0.15) is 0 Å². The number of hydrogen-bond donors (Lipinski definition) is 0. The van der Waals surface area contributed by atoms with E-state index >= 15 is 0 Å². The van der Waals surface area contributed by atoms with Crippen LogP contribution < -0.4 is 0 Å². The summed E-state index contributed by atoms with van der Waals surface area (Å²) in [5.74, 6) is 0. The molecule has 3 aromatic rings. The van der Waals surface area contributed by atoms with Gasteiger partial charge in [-0.1, -0.05) is 65.7 Å². The van der Waals surface area contributed by atoms with Gasteiger partial charge in [0, 0.05) is 0 Å². The molecule has 0 atom stereocenters. The SMILES string of the molecule is Cc1cc(C)cc(-c2[c]c3ccccc3cc2)c1. The van der Waals surface area contributed by atoms with Crippen LogP contribution in [-0.2, 0) is 0 Å². The van der Waals surface area contributed by atoms with Gasteiger partial charge in [-0.05, 0) is 41.8 Å². The molecular formula is C18H15. The largest absolute Gasteiger partial charge is 0.0616 e. The monoisotopic (exact) mass is 231 g/mol. The molecule has 18 heavy (non-hydrogen) atoms. The molecule has 1 radical (unpaired) electrons. The predicted octanol–water partition coefficient (Wildman–Crippen LogP) is 4.92. The van der Waals surface area contributed by atoms with Gasteiger partial charge in [0.15, 0.2) is 0 Å². The van der Waals surface area contributed by atoms with E-state index in [9.17, 15) is 0 Å². The average Bonchev–Trinajstić information content (AvgIpc) is 2.37. The maximum Gasteiger partial charge on any atom is -0.00143 e. The lowest BCUT2D eigenvalue weighted by atomic mass is 9.98. The minimum atomic E-state index is 1.17. The molecule has 3 aromatic carbocycles. The maximum absolute atomic E-state index is 3.50. The van der Waals surface area contributed by atoms with E-state index in [4.69, 9.17) is 0 Å². The molecule has 0 aromatic heterocycles. The van der Waals surface area contributed by atoms with Crippen LogP contribution >= 0.6 is 0 Å². The summed E-state index contributed by atoms with van der Waals surface area (Å²) in [6, 6.07) is 22.8. The molecule has 0 aliphatic rings. The number of aryl methyl sites for hydroxylation is 2. The highest BCUT2D eigenvalue weighted by atomic mass is 14.1. The third-order valence-corrected chi connectivity index (χ3v) is 3.19. The molecule has 0 aliphatic carbocycles. The molecule has 0 heteroatoms. The molecule has 0 saturated carbocycles. The third-order valence-electron chi connectivity index (χ3n) is 3.19. The molecule has 3 rings (SSSR count). The van der Waals surface area contributed by atoms with Crippen molar-refractivity contribution >= 4 is 10.8 Å². The first kappa shape index (κ1) is 11.0. The Balaban J connectivity index is 2.19. The molecule has 0 fully saturated rings. The quantitative estimate of drug-likeness (QED) is 0.557. The Hall–Kier alpha value is -2.08. The van der Waals surface area contributed by atoms with Crippen molar-refractivity contribution in [3.8, 4) is 11.1 Å². The fourth-order valence-corrected chi connectivity index (χ4v) is 2.41. The molecule has 0 saturated heterocycles. The van der Waals surface area contributed by atoms with Gasteiger partial charge in [0.05, 0.1) is 0 Å². The molecule has 0 aliphatic heterocycles. The van der Waals surface area contributed by atoms with Crippen LogP contribution in [0.15, 0.2) is 54.6 Å². The molecule has 0 nitrogen and oxygen atoms in total. The molecule has 0 amide bonds. The van der Waals surface area contributed by atoms with Crippen molar-refractivity contribution in [3.05, 3.63) is 71.8 Å². The molecule has 0 bridgehead atoms. The van der Waals surface area contributed by atoms with E-state index in [2.05, 4.69) is 74.5 Å². The highest BCUT2D eigenvalue weighted by molar-refractivity contribution is 5.86. The van der Waals surface area contributed by atoms with Crippen LogP contribution in [0.4, 0.5) is 0 Å². The fraction of sp³-hybridized carbons (Fsp3) is 0.111. The summed E-state index contributed by atoms with van der Waals surface area (Å²) < 4.78 is 0. The first-order valence-electron chi connectivity index (χ1n) is 6.22. The third kappa shape index (κ3) is 2.02.